The number of nitrogens with zero attached hydrogens (tertiary/aromatic N) is 1. The van der Waals surface area contributed by atoms with Crippen LogP contribution in [0.15, 0.2) is 0 Å². The highest BCUT2D eigenvalue weighted by molar-refractivity contribution is 8.23. The van der Waals surface area contributed by atoms with Gasteiger partial charge in [-0.1, -0.05) is 24.0 Å². The Morgan fingerprint density at radius 3 is 2.85 bits per heavy atom. The highest BCUT2D eigenvalue weighted by Crippen LogP contribution is 2.24. The molecule has 0 radical (unpaired) electrons. The first-order chi connectivity index (χ1) is 6.07. The van der Waals surface area contributed by atoms with Gasteiger partial charge in [-0.05, 0) is 0 Å². The Balaban J connectivity index is 2.83. The van der Waals surface area contributed by atoms with Crippen molar-refractivity contribution in [2.45, 2.75) is 6.04 Å². The van der Waals surface area contributed by atoms with E-state index in [1.807, 2.05) is 0 Å². The predicted molar refractivity (Wildman–Crippen MR) is 54.0 cm³/mol. The van der Waals surface area contributed by atoms with Crippen LogP contribution < -0.4 is 0 Å². The van der Waals surface area contributed by atoms with Crippen LogP contribution >= 0.6 is 35.6 Å². The molecule has 1 fully saturated rings. The summed E-state index contributed by atoms with van der Waals surface area (Å²) in [7, 11) is 0. The average molecular weight is 240 g/mol. The molecular weight excluding hydrogens is 234 g/mol. The molecule has 0 aliphatic carbocycles. The topological polar surface area (TPSA) is 57.6 Å². The van der Waals surface area contributed by atoms with Gasteiger partial charge >= 0.3 is 5.97 Å². The maximum absolute atomic E-state index is 11.2. The molecule has 1 amide bonds. The fourth-order valence-corrected chi connectivity index (χ4v) is 2.47. The molecule has 1 atom stereocenters. The summed E-state index contributed by atoms with van der Waals surface area (Å²) >= 11 is 11.3. The molecule has 0 aromatic rings. The Morgan fingerprint density at radius 2 is 2.38 bits per heavy atom. The molecule has 72 valence electrons. The van der Waals surface area contributed by atoms with Gasteiger partial charge < -0.3 is 5.11 Å². The van der Waals surface area contributed by atoms with Crippen molar-refractivity contribution in [3.8, 4) is 0 Å². The zero-order chi connectivity index (χ0) is 10.0. The molecule has 1 heterocycles. The van der Waals surface area contributed by atoms with E-state index in [2.05, 4.69) is 0 Å². The lowest BCUT2D eigenvalue weighted by molar-refractivity contribution is -0.144. The zero-order valence-electron chi connectivity index (χ0n) is 6.40. The molecule has 7 heteroatoms. The Kier molecular flexibility index (Phi) is 3.52. The van der Waals surface area contributed by atoms with E-state index >= 15 is 0 Å². The summed E-state index contributed by atoms with van der Waals surface area (Å²) in [5.41, 5.74) is 0. The number of amides is 1. The van der Waals surface area contributed by atoms with Crippen molar-refractivity contribution in [1.82, 2.24) is 4.90 Å². The summed E-state index contributed by atoms with van der Waals surface area (Å²) in [5.74, 6) is -1.45. The normalized spacial score (nSPS) is 22.1. The van der Waals surface area contributed by atoms with E-state index in [0.29, 0.717) is 5.75 Å². The molecule has 0 aromatic heterocycles. The van der Waals surface area contributed by atoms with E-state index in [-0.39, 0.29) is 10.2 Å². The van der Waals surface area contributed by atoms with E-state index in [0.717, 1.165) is 4.90 Å². The summed E-state index contributed by atoms with van der Waals surface area (Å²) < 4.78 is 0.290. The van der Waals surface area contributed by atoms with Gasteiger partial charge in [0.15, 0.2) is 0 Å². The van der Waals surface area contributed by atoms with Crippen molar-refractivity contribution in [3.63, 3.8) is 0 Å². The van der Waals surface area contributed by atoms with Gasteiger partial charge in [-0.2, -0.15) is 0 Å². The lowest BCUT2D eigenvalue weighted by atomic mass is 10.3. The first-order valence-corrected chi connectivity index (χ1v) is 5.28. The second kappa shape index (κ2) is 4.26. The number of thioether (sulfide) groups is 1. The van der Waals surface area contributed by atoms with Gasteiger partial charge in [0.25, 0.3) is 0 Å². The number of alkyl halides is 1. The number of halogens is 1. The van der Waals surface area contributed by atoms with Crippen LogP contribution in [0.3, 0.4) is 0 Å². The third-order valence-electron chi connectivity index (χ3n) is 1.54. The summed E-state index contributed by atoms with van der Waals surface area (Å²) in [4.78, 5) is 22.9. The number of aliphatic carboxylic acids is 1. The van der Waals surface area contributed by atoms with Crippen LogP contribution in [0, 0.1) is 0 Å². The van der Waals surface area contributed by atoms with Crippen LogP contribution in [0.4, 0.5) is 0 Å². The Morgan fingerprint density at radius 1 is 1.77 bits per heavy atom. The minimum atomic E-state index is -1.05. The molecule has 1 unspecified atom stereocenters. The van der Waals surface area contributed by atoms with Crippen molar-refractivity contribution < 1.29 is 14.7 Å². The number of carbonyl (C=O) groups excluding carboxylic acids is 1. The van der Waals surface area contributed by atoms with Gasteiger partial charge in [0, 0.05) is 5.75 Å². The van der Waals surface area contributed by atoms with Gasteiger partial charge in [0.1, 0.15) is 16.2 Å². The molecule has 13 heavy (non-hydrogen) atoms. The van der Waals surface area contributed by atoms with E-state index in [1.165, 1.54) is 11.8 Å². The van der Waals surface area contributed by atoms with Gasteiger partial charge in [-0.15, -0.1) is 11.6 Å². The number of carboxylic acid groups (broad SMARTS) is 1. The number of carboxylic acids is 1. The standard InChI is InChI=1S/C6H6ClNO3S2/c7-1-4(9)8-3(5(10)11)2-13-6(8)12/h3H,1-2H2,(H,10,11). The summed E-state index contributed by atoms with van der Waals surface area (Å²) in [6, 6.07) is -0.858. The first kappa shape index (κ1) is 10.7. The predicted octanol–water partition coefficient (Wildman–Crippen LogP) is 0.539. The van der Waals surface area contributed by atoms with Gasteiger partial charge in [-0.3, -0.25) is 9.69 Å². The minimum absolute atomic E-state index is 0.246. The quantitative estimate of drug-likeness (QED) is 0.563. The van der Waals surface area contributed by atoms with E-state index in [9.17, 15) is 9.59 Å². The summed E-state index contributed by atoms with van der Waals surface area (Å²) in [6.45, 7) is 0. The van der Waals surface area contributed by atoms with Crippen molar-refractivity contribution >= 4 is 51.8 Å². The van der Waals surface area contributed by atoms with Crippen LogP contribution in [0.5, 0.6) is 0 Å². The highest BCUT2D eigenvalue weighted by atomic mass is 35.5. The van der Waals surface area contributed by atoms with Crippen LogP contribution in [-0.2, 0) is 9.59 Å². The van der Waals surface area contributed by atoms with E-state index in [4.69, 9.17) is 28.9 Å². The number of carbonyl (C=O) groups is 2. The van der Waals surface area contributed by atoms with Crippen LogP contribution in [-0.4, -0.2) is 43.9 Å². The van der Waals surface area contributed by atoms with Crippen LogP contribution in [0.2, 0.25) is 0 Å². The highest BCUT2D eigenvalue weighted by Gasteiger charge is 2.38. The average Bonchev–Trinajstić information content (AvgIpc) is 2.46. The smallest absolute Gasteiger partial charge is 0.327 e. The van der Waals surface area contributed by atoms with Gasteiger partial charge in [0.2, 0.25) is 5.91 Å². The molecule has 0 aromatic carbocycles. The molecular formula is C6H6ClNO3S2. The number of hydrogen-bond acceptors (Lipinski definition) is 4. The lowest BCUT2D eigenvalue weighted by Crippen LogP contribution is -2.43. The second-order valence-electron chi connectivity index (χ2n) is 2.33. The molecule has 1 rings (SSSR count). The Hall–Kier alpha value is -0.330. The number of rotatable bonds is 2. The van der Waals surface area contributed by atoms with Gasteiger partial charge in [-0.25, -0.2) is 4.79 Å². The zero-order valence-corrected chi connectivity index (χ0v) is 8.79. The SMILES string of the molecule is O=C(O)C1CSC(=S)N1C(=O)CCl. The Bertz CT molecular complexity index is 271. The number of hydrogen-bond donors (Lipinski definition) is 1. The number of thiocarbonyl (C=S) groups is 1. The fourth-order valence-electron chi connectivity index (χ4n) is 0.943. The second-order valence-corrected chi connectivity index (χ2v) is 4.25. The lowest BCUT2D eigenvalue weighted by Gasteiger charge is -2.18. The Labute approximate surface area is 89.2 Å². The molecule has 0 bridgehead atoms. The van der Waals surface area contributed by atoms with Crippen molar-refractivity contribution in [1.29, 1.82) is 0 Å². The maximum Gasteiger partial charge on any atom is 0.327 e. The first-order valence-electron chi connectivity index (χ1n) is 3.35. The fraction of sp³-hybridized carbons (Fsp3) is 0.500. The molecule has 1 aliphatic heterocycles. The van der Waals surface area contributed by atoms with E-state index < -0.39 is 17.9 Å². The monoisotopic (exact) mass is 239 g/mol. The van der Waals surface area contributed by atoms with Gasteiger partial charge in [0.05, 0.1) is 0 Å². The maximum atomic E-state index is 11.2. The van der Waals surface area contributed by atoms with Crippen LogP contribution in [0.1, 0.15) is 0 Å². The van der Waals surface area contributed by atoms with Crippen molar-refractivity contribution in [2.24, 2.45) is 0 Å². The van der Waals surface area contributed by atoms with Crippen LogP contribution in [0.25, 0.3) is 0 Å². The largest absolute Gasteiger partial charge is 0.480 e. The third kappa shape index (κ3) is 2.12. The molecule has 1 saturated heterocycles. The molecule has 4 nitrogen and oxygen atoms in total. The third-order valence-corrected chi connectivity index (χ3v) is 3.25. The summed E-state index contributed by atoms with van der Waals surface area (Å²) in [6.07, 6.45) is 0. The molecule has 1 N–H and O–H groups in total. The van der Waals surface area contributed by atoms with E-state index in [1.54, 1.807) is 0 Å². The molecule has 1 aliphatic rings. The molecule has 0 saturated carbocycles. The van der Waals surface area contributed by atoms with Crippen molar-refractivity contribution in [3.05, 3.63) is 0 Å². The summed E-state index contributed by atoms with van der Waals surface area (Å²) in [5, 5.41) is 8.74. The molecule has 0 spiro atoms. The minimum Gasteiger partial charge on any atom is -0.480 e. The van der Waals surface area contributed by atoms with Crippen molar-refractivity contribution in [2.75, 3.05) is 11.6 Å².